The lowest BCUT2D eigenvalue weighted by atomic mass is 10.1. The molecular formula is C22H17F2N5O2. The minimum atomic E-state index is -2.84. The van der Waals surface area contributed by atoms with Crippen LogP contribution in [0.4, 0.5) is 8.78 Å². The average Bonchev–Trinajstić information content (AvgIpc) is 3.39. The number of halogens is 2. The number of pyridine rings is 1. The minimum Gasteiger partial charge on any atom is -0.415 e. The fourth-order valence-electron chi connectivity index (χ4n) is 3.79. The zero-order chi connectivity index (χ0) is 21.5. The molecule has 0 unspecified atom stereocenters. The molecule has 0 N–H and O–H groups in total. The summed E-state index contributed by atoms with van der Waals surface area (Å²) in [5.41, 5.74) is 2.84. The SMILES string of the molecule is CN(Cc1cccc2cnccc12)N1Cc2ccc(-c3nnc(C(F)F)o3)cc2C1=O. The number of carbonyl (C=O) groups excluding carboxylic acids is 1. The van der Waals surface area contributed by atoms with E-state index >= 15 is 0 Å². The molecule has 1 amide bonds. The summed E-state index contributed by atoms with van der Waals surface area (Å²) in [5, 5.41) is 12.7. The van der Waals surface area contributed by atoms with Crippen LogP contribution in [0.3, 0.4) is 0 Å². The van der Waals surface area contributed by atoms with Crippen LogP contribution in [0, 0.1) is 0 Å². The van der Waals surface area contributed by atoms with Crippen LogP contribution in [0.25, 0.3) is 22.2 Å². The molecule has 0 bridgehead atoms. The first-order valence-electron chi connectivity index (χ1n) is 9.60. The van der Waals surface area contributed by atoms with Crippen molar-refractivity contribution in [3.05, 3.63) is 77.4 Å². The molecule has 0 atom stereocenters. The Morgan fingerprint density at radius 2 is 2.06 bits per heavy atom. The highest BCUT2D eigenvalue weighted by molar-refractivity contribution is 5.99. The monoisotopic (exact) mass is 421 g/mol. The number of aromatic nitrogens is 3. The number of amides is 1. The number of hydrazine groups is 1. The van der Waals surface area contributed by atoms with Crippen LogP contribution < -0.4 is 0 Å². The van der Waals surface area contributed by atoms with Crippen LogP contribution >= 0.6 is 0 Å². The van der Waals surface area contributed by atoms with Gasteiger partial charge < -0.3 is 4.42 Å². The molecule has 2 aromatic heterocycles. The molecule has 31 heavy (non-hydrogen) atoms. The van der Waals surface area contributed by atoms with Gasteiger partial charge in [-0.2, -0.15) is 8.78 Å². The second kappa shape index (κ2) is 7.51. The molecule has 4 aromatic rings. The molecule has 9 heteroatoms. The third-order valence-electron chi connectivity index (χ3n) is 5.35. The normalized spacial score (nSPS) is 13.6. The second-order valence-corrected chi connectivity index (χ2v) is 7.31. The van der Waals surface area contributed by atoms with E-state index in [0.717, 1.165) is 21.9 Å². The smallest absolute Gasteiger partial charge is 0.314 e. The largest absolute Gasteiger partial charge is 0.415 e. The first-order chi connectivity index (χ1) is 15.0. The number of rotatable bonds is 5. The second-order valence-electron chi connectivity index (χ2n) is 7.31. The maximum absolute atomic E-state index is 13.1. The lowest BCUT2D eigenvalue weighted by Crippen LogP contribution is -2.39. The molecule has 0 saturated carbocycles. The van der Waals surface area contributed by atoms with E-state index in [9.17, 15) is 13.6 Å². The molecule has 3 heterocycles. The van der Waals surface area contributed by atoms with E-state index in [1.165, 1.54) is 0 Å². The summed E-state index contributed by atoms with van der Waals surface area (Å²) < 4.78 is 30.5. The van der Waals surface area contributed by atoms with Crippen molar-refractivity contribution in [3.63, 3.8) is 0 Å². The maximum Gasteiger partial charge on any atom is 0.314 e. The topological polar surface area (TPSA) is 75.4 Å². The molecule has 0 aliphatic carbocycles. The zero-order valence-corrected chi connectivity index (χ0v) is 16.5. The summed E-state index contributed by atoms with van der Waals surface area (Å²) >= 11 is 0. The molecule has 0 fully saturated rings. The molecule has 0 saturated heterocycles. The quantitative estimate of drug-likeness (QED) is 0.480. The Hall–Kier alpha value is -3.72. The van der Waals surface area contributed by atoms with Crippen LogP contribution in [-0.4, -0.2) is 38.2 Å². The molecule has 5 rings (SSSR count). The first-order valence-corrected chi connectivity index (χ1v) is 9.60. The maximum atomic E-state index is 13.1. The lowest BCUT2D eigenvalue weighted by molar-refractivity contribution is 0.00294. The van der Waals surface area contributed by atoms with Crippen LogP contribution in [0.1, 0.15) is 33.8 Å². The Kier molecular flexibility index (Phi) is 4.67. The Morgan fingerprint density at radius 3 is 2.87 bits per heavy atom. The van der Waals surface area contributed by atoms with Crippen molar-refractivity contribution in [1.29, 1.82) is 0 Å². The molecule has 0 spiro atoms. The van der Waals surface area contributed by atoms with Gasteiger partial charge in [-0.3, -0.25) is 14.8 Å². The van der Waals surface area contributed by atoms with E-state index in [1.807, 2.05) is 42.5 Å². The van der Waals surface area contributed by atoms with Crippen LogP contribution in [0.2, 0.25) is 0 Å². The Morgan fingerprint density at radius 1 is 1.19 bits per heavy atom. The number of alkyl halides is 2. The Labute approximate surface area is 175 Å². The lowest BCUT2D eigenvalue weighted by Gasteiger charge is -2.28. The summed E-state index contributed by atoms with van der Waals surface area (Å²) in [6.45, 7) is 0.957. The molecule has 0 radical (unpaired) electrons. The molecule has 1 aliphatic rings. The van der Waals surface area contributed by atoms with Gasteiger partial charge in [-0.05, 0) is 34.7 Å². The minimum absolute atomic E-state index is 0.0398. The summed E-state index contributed by atoms with van der Waals surface area (Å²) in [4.78, 5) is 17.2. The van der Waals surface area contributed by atoms with Crippen LogP contribution in [0.15, 0.2) is 59.3 Å². The number of nitrogens with zero attached hydrogens (tertiary/aromatic N) is 5. The number of fused-ring (bicyclic) bond motifs is 2. The fourth-order valence-corrected chi connectivity index (χ4v) is 3.79. The number of hydrogen-bond acceptors (Lipinski definition) is 6. The van der Waals surface area contributed by atoms with Crippen molar-refractivity contribution < 1.29 is 18.0 Å². The average molecular weight is 421 g/mol. The van der Waals surface area contributed by atoms with E-state index in [-0.39, 0.29) is 11.8 Å². The highest BCUT2D eigenvalue weighted by Crippen LogP contribution is 2.30. The summed E-state index contributed by atoms with van der Waals surface area (Å²) in [6.07, 6.45) is 0.723. The van der Waals surface area contributed by atoms with Crippen molar-refractivity contribution >= 4 is 16.7 Å². The van der Waals surface area contributed by atoms with Crippen LogP contribution in [-0.2, 0) is 13.1 Å². The summed E-state index contributed by atoms with van der Waals surface area (Å²) in [5.74, 6) is -0.953. The summed E-state index contributed by atoms with van der Waals surface area (Å²) in [7, 11) is 1.86. The van der Waals surface area contributed by atoms with E-state index in [0.29, 0.717) is 24.2 Å². The summed E-state index contributed by atoms with van der Waals surface area (Å²) in [6, 6.07) is 13.0. The van der Waals surface area contributed by atoms with Gasteiger partial charge in [0.2, 0.25) is 5.89 Å². The number of benzene rings is 2. The molecular weight excluding hydrogens is 404 g/mol. The van der Waals surface area contributed by atoms with Crippen molar-refractivity contribution in [2.24, 2.45) is 0 Å². The first kappa shape index (κ1) is 19.3. The number of carbonyl (C=O) groups is 1. The van der Waals surface area contributed by atoms with Crippen molar-refractivity contribution in [3.8, 4) is 11.5 Å². The van der Waals surface area contributed by atoms with Gasteiger partial charge in [0.15, 0.2) is 0 Å². The van der Waals surface area contributed by atoms with Gasteiger partial charge in [0.05, 0.1) is 6.54 Å². The highest BCUT2D eigenvalue weighted by Gasteiger charge is 2.31. The molecule has 1 aliphatic heterocycles. The van der Waals surface area contributed by atoms with Crippen molar-refractivity contribution in [1.82, 2.24) is 25.2 Å². The fraction of sp³-hybridized carbons (Fsp3) is 0.182. The predicted molar refractivity (Wildman–Crippen MR) is 108 cm³/mol. The number of hydrogen-bond donors (Lipinski definition) is 0. The predicted octanol–water partition coefficient (Wildman–Crippen LogP) is 4.23. The van der Waals surface area contributed by atoms with Gasteiger partial charge in [0.25, 0.3) is 11.8 Å². The third-order valence-corrected chi connectivity index (χ3v) is 5.35. The third kappa shape index (κ3) is 3.42. The van der Waals surface area contributed by atoms with E-state index < -0.39 is 12.3 Å². The van der Waals surface area contributed by atoms with Gasteiger partial charge in [-0.1, -0.05) is 24.3 Å². The van der Waals surface area contributed by atoms with Crippen molar-refractivity contribution in [2.45, 2.75) is 19.5 Å². The van der Waals surface area contributed by atoms with Crippen molar-refractivity contribution in [2.75, 3.05) is 7.05 Å². The zero-order valence-electron chi connectivity index (χ0n) is 16.5. The Bertz CT molecular complexity index is 1280. The molecule has 2 aromatic carbocycles. The van der Waals surface area contributed by atoms with E-state index in [2.05, 4.69) is 15.2 Å². The van der Waals surface area contributed by atoms with E-state index in [4.69, 9.17) is 4.42 Å². The Balaban J connectivity index is 1.39. The van der Waals surface area contributed by atoms with Gasteiger partial charge in [-0.25, -0.2) is 5.01 Å². The van der Waals surface area contributed by atoms with Gasteiger partial charge >= 0.3 is 6.43 Å². The van der Waals surface area contributed by atoms with Gasteiger partial charge in [-0.15, -0.1) is 10.2 Å². The molecule has 7 nitrogen and oxygen atoms in total. The van der Waals surface area contributed by atoms with Crippen LogP contribution in [0.5, 0.6) is 0 Å². The van der Waals surface area contributed by atoms with E-state index in [1.54, 1.807) is 29.4 Å². The standard InChI is InChI=1S/C22H17F2N5O2/c1-28(11-15-4-2-3-14-10-25-8-7-17(14)15)29-12-16-6-5-13(9-18(16)22(29)30)20-26-27-21(31-20)19(23)24/h2-10,19H,11-12H2,1H3. The molecule has 156 valence electrons. The highest BCUT2D eigenvalue weighted by atomic mass is 19.3. The van der Waals surface area contributed by atoms with Gasteiger partial charge in [0.1, 0.15) is 0 Å². The van der Waals surface area contributed by atoms with Gasteiger partial charge in [0, 0.05) is 42.5 Å².